The number of carbonyl (C=O) groups excluding carboxylic acids is 1. The molecule has 0 fully saturated rings. The van der Waals surface area contributed by atoms with Gasteiger partial charge in [0.05, 0.1) is 11.1 Å². The van der Waals surface area contributed by atoms with Crippen LogP contribution in [0.4, 0.5) is 11.4 Å². The Bertz CT molecular complexity index is 834. The number of amides is 1. The molecular weight excluding hydrogens is 336 g/mol. The van der Waals surface area contributed by atoms with Crippen LogP contribution in [0.5, 0.6) is 5.75 Å². The van der Waals surface area contributed by atoms with Gasteiger partial charge in [0.15, 0.2) is 0 Å². The summed E-state index contributed by atoms with van der Waals surface area (Å²) in [5.41, 5.74) is 4.28. The number of hydrazone groups is 1. The van der Waals surface area contributed by atoms with Crippen molar-refractivity contribution in [2.75, 3.05) is 19.0 Å². The zero-order chi connectivity index (χ0) is 19.1. The van der Waals surface area contributed by atoms with Crippen molar-refractivity contribution < 1.29 is 14.8 Å². The molecule has 0 atom stereocenters. The lowest BCUT2D eigenvalue weighted by Gasteiger charge is -2.14. The van der Waals surface area contributed by atoms with E-state index >= 15 is 0 Å². The second kappa shape index (κ2) is 8.61. The molecule has 8 heteroatoms. The number of rotatable bonds is 7. The monoisotopic (exact) mass is 356 g/mol. The van der Waals surface area contributed by atoms with Crippen LogP contribution < -0.4 is 10.3 Å². The number of phenols is 1. The Morgan fingerprint density at radius 3 is 2.69 bits per heavy atom. The molecule has 2 aromatic carbocycles. The van der Waals surface area contributed by atoms with Gasteiger partial charge in [-0.15, -0.1) is 0 Å². The summed E-state index contributed by atoms with van der Waals surface area (Å²) in [5.74, 6) is -0.169. The van der Waals surface area contributed by atoms with Crippen molar-refractivity contribution in [3.8, 4) is 5.75 Å². The molecule has 0 aliphatic rings. The highest BCUT2D eigenvalue weighted by atomic mass is 16.6. The van der Waals surface area contributed by atoms with E-state index < -0.39 is 4.92 Å². The maximum Gasteiger partial charge on any atom is 0.270 e. The Kier molecular flexibility index (Phi) is 6.26. The lowest BCUT2D eigenvalue weighted by Crippen LogP contribution is -2.18. The van der Waals surface area contributed by atoms with Crippen LogP contribution in [0.3, 0.4) is 0 Å². The smallest absolute Gasteiger partial charge is 0.270 e. The molecular formula is C18H20N4O4. The highest BCUT2D eigenvalue weighted by Crippen LogP contribution is 2.22. The fourth-order valence-electron chi connectivity index (χ4n) is 2.37. The molecule has 2 rings (SSSR count). The number of non-ortho nitro benzene ring substituents is 1. The zero-order valence-corrected chi connectivity index (χ0v) is 14.5. The van der Waals surface area contributed by atoms with Gasteiger partial charge in [0.2, 0.25) is 5.91 Å². The molecule has 136 valence electrons. The number of benzene rings is 2. The van der Waals surface area contributed by atoms with Crippen LogP contribution in [0.2, 0.25) is 0 Å². The number of aryl methyl sites for hydroxylation is 1. The molecule has 2 N–H and O–H groups in total. The maximum atomic E-state index is 11.9. The molecule has 0 saturated carbocycles. The Labute approximate surface area is 150 Å². The third-order valence-corrected chi connectivity index (χ3v) is 3.71. The minimum absolute atomic E-state index is 0.0528. The summed E-state index contributed by atoms with van der Waals surface area (Å²) in [4.78, 5) is 24.1. The number of hydrogen-bond acceptors (Lipinski definition) is 6. The average molecular weight is 356 g/mol. The minimum Gasteiger partial charge on any atom is -0.508 e. The quantitative estimate of drug-likeness (QED) is 0.450. The van der Waals surface area contributed by atoms with E-state index in [4.69, 9.17) is 0 Å². The summed E-state index contributed by atoms with van der Waals surface area (Å²) < 4.78 is 0. The molecule has 0 aliphatic carbocycles. The van der Waals surface area contributed by atoms with Crippen LogP contribution in [-0.2, 0) is 11.2 Å². The third kappa shape index (κ3) is 5.04. The first-order valence-corrected chi connectivity index (χ1v) is 7.93. The van der Waals surface area contributed by atoms with Gasteiger partial charge in [0, 0.05) is 43.9 Å². The summed E-state index contributed by atoms with van der Waals surface area (Å²) >= 11 is 0. The summed E-state index contributed by atoms with van der Waals surface area (Å²) in [5, 5.41) is 24.5. The van der Waals surface area contributed by atoms with E-state index in [-0.39, 0.29) is 23.8 Å². The Morgan fingerprint density at radius 2 is 2.04 bits per heavy atom. The number of hydrogen-bond donors (Lipinski definition) is 2. The van der Waals surface area contributed by atoms with E-state index in [9.17, 15) is 20.0 Å². The van der Waals surface area contributed by atoms with Gasteiger partial charge >= 0.3 is 0 Å². The number of anilines is 1. The average Bonchev–Trinajstić information content (AvgIpc) is 2.60. The topological polar surface area (TPSA) is 108 Å². The number of nitro benzene ring substituents is 1. The number of nitro groups is 1. The van der Waals surface area contributed by atoms with Crippen LogP contribution in [0.25, 0.3) is 0 Å². The molecule has 1 amide bonds. The van der Waals surface area contributed by atoms with Crippen molar-refractivity contribution >= 4 is 23.5 Å². The molecule has 0 radical (unpaired) electrons. The first-order chi connectivity index (χ1) is 12.4. The number of aromatic hydroxyl groups is 1. The van der Waals surface area contributed by atoms with E-state index in [0.29, 0.717) is 17.5 Å². The van der Waals surface area contributed by atoms with Crippen LogP contribution in [0.15, 0.2) is 47.6 Å². The fourth-order valence-corrected chi connectivity index (χ4v) is 2.37. The summed E-state index contributed by atoms with van der Waals surface area (Å²) in [6.45, 7) is 0. The molecule has 0 unspecified atom stereocenters. The van der Waals surface area contributed by atoms with Crippen molar-refractivity contribution in [1.29, 1.82) is 0 Å². The van der Waals surface area contributed by atoms with Gasteiger partial charge in [-0.05, 0) is 24.1 Å². The molecule has 0 spiro atoms. The van der Waals surface area contributed by atoms with E-state index in [1.165, 1.54) is 18.3 Å². The predicted octanol–water partition coefficient (Wildman–Crippen LogP) is 2.45. The van der Waals surface area contributed by atoms with Crippen molar-refractivity contribution in [2.24, 2.45) is 5.10 Å². The zero-order valence-electron chi connectivity index (χ0n) is 14.5. The van der Waals surface area contributed by atoms with Gasteiger partial charge in [-0.25, -0.2) is 5.43 Å². The van der Waals surface area contributed by atoms with E-state index in [1.807, 2.05) is 14.1 Å². The van der Waals surface area contributed by atoms with Gasteiger partial charge in [0.25, 0.3) is 5.69 Å². The molecule has 0 aliphatic heterocycles. The molecule has 0 aromatic heterocycles. The molecule has 26 heavy (non-hydrogen) atoms. The molecule has 0 bridgehead atoms. The molecule has 0 saturated heterocycles. The summed E-state index contributed by atoms with van der Waals surface area (Å²) in [6.07, 6.45) is 1.92. The van der Waals surface area contributed by atoms with E-state index in [1.54, 1.807) is 35.2 Å². The second-order valence-corrected chi connectivity index (χ2v) is 5.82. The van der Waals surface area contributed by atoms with E-state index in [0.717, 1.165) is 5.69 Å². The Hall–Kier alpha value is -3.42. The molecule has 0 heterocycles. The highest BCUT2D eigenvalue weighted by Gasteiger charge is 2.11. The van der Waals surface area contributed by atoms with Crippen LogP contribution in [0.1, 0.15) is 17.5 Å². The van der Waals surface area contributed by atoms with Crippen molar-refractivity contribution in [3.05, 3.63) is 63.7 Å². The summed E-state index contributed by atoms with van der Waals surface area (Å²) in [7, 11) is 3.62. The normalized spacial score (nSPS) is 10.7. The number of nitrogens with one attached hydrogen (secondary N) is 1. The number of phenolic OH excluding ortho intramolecular Hbond substituents is 1. The van der Waals surface area contributed by atoms with Crippen LogP contribution in [0, 0.1) is 10.1 Å². The van der Waals surface area contributed by atoms with Crippen molar-refractivity contribution in [2.45, 2.75) is 12.8 Å². The largest absolute Gasteiger partial charge is 0.508 e. The van der Waals surface area contributed by atoms with Gasteiger partial charge < -0.3 is 10.0 Å². The molecule has 2 aromatic rings. The van der Waals surface area contributed by atoms with Crippen molar-refractivity contribution in [1.82, 2.24) is 5.43 Å². The SMILES string of the molecule is CN(C)c1ccc([N+](=O)[O-])cc1/C=N/NC(=O)CCc1ccccc1O. The number of nitrogens with zero attached hydrogens (tertiary/aromatic N) is 3. The first kappa shape index (κ1) is 18.9. The Morgan fingerprint density at radius 1 is 1.31 bits per heavy atom. The number of para-hydroxylation sites is 1. The van der Waals surface area contributed by atoms with E-state index in [2.05, 4.69) is 10.5 Å². The Balaban J connectivity index is 2.01. The second-order valence-electron chi connectivity index (χ2n) is 5.82. The van der Waals surface area contributed by atoms with Gasteiger partial charge in [-0.2, -0.15) is 5.10 Å². The van der Waals surface area contributed by atoms with Crippen LogP contribution >= 0.6 is 0 Å². The van der Waals surface area contributed by atoms with Gasteiger partial charge in [0.1, 0.15) is 5.75 Å². The predicted molar refractivity (Wildman–Crippen MR) is 99.6 cm³/mol. The minimum atomic E-state index is -0.484. The fraction of sp³-hybridized carbons (Fsp3) is 0.222. The molecule has 8 nitrogen and oxygen atoms in total. The van der Waals surface area contributed by atoms with Gasteiger partial charge in [-0.3, -0.25) is 14.9 Å². The highest BCUT2D eigenvalue weighted by molar-refractivity contribution is 5.90. The lowest BCUT2D eigenvalue weighted by atomic mass is 10.1. The summed E-state index contributed by atoms with van der Waals surface area (Å²) in [6, 6.07) is 11.2. The van der Waals surface area contributed by atoms with Crippen LogP contribution in [-0.4, -0.2) is 36.2 Å². The third-order valence-electron chi connectivity index (χ3n) is 3.71. The van der Waals surface area contributed by atoms with Gasteiger partial charge in [-0.1, -0.05) is 18.2 Å². The first-order valence-electron chi connectivity index (χ1n) is 7.93. The standard InChI is InChI=1S/C18H20N4O4/c1-21(2)16-9-8-15(22(25)26)11-14(16)12-19-20-18(24)10-7-13-5-3-4-6-17(13)23/h3-6,8-9,11-12,23H,7,10H2,1-2H3,(H,20,24)/b19-12+. The van der Waals surface area contributed by atoms with Crippen molar-refractivity contribution in [3.63, 3.8) is 0 Å². The lowest BCUT2D eigenvalue weighted by molar-refractivity contribution is -0.384. The number of carbonyl (C=O) groups is 1. The maximum absolute atomic E-state index is 11.9.